The number of nitrogens with zero attached hydrogens (tertiary/aromatic N) is 4. The predicted molar refractivity (Wildman–Crippen MR) is 134 cm³/mol. The summed E-state index contributed by atoms with van der Waals surface area (Å²) in [6.07, 6.45) is 2.94. The van der Waals surface area contributed by atoms with Crippen molar-refractivity contribution in [3.05, 3.63) is 59.8 Å². The Morgan fingerprint density at radius 1 is 1.03 bits per heavy atom. The van der Waals surface area contributed by atoms with Gasteiger partial charge in [-0.2, -0.15) is 0 Å². The minimum Gasteiger partial charge on any atom is -0.494 e. The average molecular weight is 479 g/mol. The van der Waals surface area contributed by atoms with E-state index in [9.17, 15) is 9.59 Å². The molecule has 0 unspecified atom stereocenters. The Morgan fingerprint density at radius 2 is 1.79 bits per heavy atom. The van der Waals surface area contributed by atoms with E-state index in [1.807, 2.05) is 43.3 Å². The number of ether oxygens (including phenoxy) is 1. The molecule has 2 aliphatic heterocycles. The second-order valence-corrected chi connectivity index (χ2v) is 9.08. The highest BCUT2D eigenvalue weighted by Crippen LogP contribution is 2.31. The minimum absolute atomic E-state index is 0.148. The van der Waals surface area contributed by atoms with E-state index in [-0.39, 0.29) is 18.2 Å². The fourth-order valence-electron chi connectivity index (χ4n) is 4.74. The minimum atomic E-state index is -0.418. The first kappa shape index (κ1) is 22.6. The molecule has 8 heteroatoms. The van der Waals surface area contributed by atoms with Crippen LogP contribution in [0.2, 0.25) is 5.02 Å². The number of halogens is 1. The van der Waals surface area contributed by atoms with Crippen molar-refractivity contribution in [1.82, 2.24) is 9.88 Å². The monoisotopic (exact) mass is 478 g/mol. The molecule has 0 N–H and O–H groups in total. The Bertz CT molecular complexity index is 1210. The van der Waals surface area contributed by atoms with Crippen LogP contribution >= 0.6 is 11.6 Å². The van der Waals surface area contributed by atoms with Crippen LogP contribution in [0.3, 0.4) is 0 Å². The van der Waals surface area contributed by atoms with Gasteiger partial charge in [0.25, 0.3) is 5.91 Å². The van der Waals surface area contributed by atoms with E-state index < -0.39 is 6.04 Å². The van der Waals surface area contributed by atoms with Gasteiger partial charge in [0.1, 0.15) is 5.75 Å². The summed E-state index contributed by atoms with van der Waals surface area (Å²) in [7, 11) is 0. The smallest absolute Gasteiger partial charge is 0.251 e. The Balaban J connectivity index is 1.26. The zero-order valence-corrected chi connectivity index (χ0v) is 19.9. The Morgan fingerprint density at radius 3 is 2.53 bits per heavy atom. The second-order valence-electron chi connectivity index (χ2n) is 8.64. The summed E-state index contributed by atoms with van der Waals surface area (Å²) in [6, 6.07) is 14.5. The molecule has 3 aromatic rings. The lowest BCUT2D eigenvalue weighted by Crippen LogP contribution is -2.52. The van der Waals surface area contributed by atoms with Crippen LogP contribution in [-0.4, -0.2) is 60.5 Å². The number of rotatable bonds is 6. The van der Waals surface area contributed by atoms with Crippen molar-refractivity contribution in [1.29, 1.82) is 0 Å². The Labute approximate surface area is 203 Å². The topological polar surface area (TPSA) is 66.0 Å². The molecule has 0 radical (unpaired) electrons. The summed E-state index contributed by atoms with van der Waals surface area (Å²) in [6.45, 7) is 5.63. The van der Waals surface area contributed by atoms with Crippen molar-refractivity contribution < 1.29 is 14.3 Å². The van der Waals surface area contributed by atoms with Crippen LogP contribution in [0.25, 0.3) is 10.9 Å². The highest BCUT2D eigenvalue weighted by atomic mass is 35.5. The third-order valence-electron chi connectivity index (χ3n) is 6.47. The predicted octanol–water partition coefficient (Wildman–Crippen LogP) is 4.13. The quantitative estimate of drug-likeness (QED) is 0.496. The molecule has 0 bridgehead atoms. The molecule has 2 amide bonds. The summed E-state index contributed by atoms with van der Waals surface area (Å²) in [5.74, 6) is 0.435. The molecule has 7 nitrogen and oxygen atoms in total. The molecule has 2 aromatic carbocycles. The van der Waals surface area contributed by atoms with Crippen LogP contribution < -0.4 is 14.5 Å². The number of benzene rings is 2. The summed E-state index contributed by atoms with van der Waals surface area (Å²) < 4.78 is 5.61. The van der Waals surface area contributed by atoms with Gasteiger partial charge in [-0.15, -0.1) is 0 Å². The van der Waals surface area contributed by atoms with E-state index in [0.717, 1.165) is 41.9 Å². The van der Waals surface area contributed by atoms with Gasteiger partial charge in [-0.25, -0.2) is 4.90 Å². The second kappa shape index (κ2) is 9.60. The Kier molecular flexibility index (Phi) is 6.39. The lowest BCUT2D eigenvalue weighted by molar-refractivity contribution is -0.123. The number of hydrogen-bond acceptors (Lipinski definition) is 6. The molecule has 2 saturated heterocycles. The van der Waals surface area contributed by atoms with Gasteiger partial charge < -0.3 is 9.64 Å². The van der Waals surface area contributed by atoms with Gasteiger partial charge in [0.2, 0.25) is 5.91 Å². The van der Waals surface area contributed by atoms with Crippen molar-refractivity contribution in [2.45, 2.75) is 25.8 Å². The molecule has 2 fully saturated rings. The summed E-state index contributed by atoms with van der Waals surface area (Å²) in [4.78, 5) is 36.2. The molecule has 2 aliphatic rings. The van der Waals surface area contributed by atoms with E-state index >= 15 is 0 Å². The van der Waals surface area contributed by atoms with Gasteiger partial charge in [0, 0.05) is 48.5 Å². The van der Waals surface area contributed by atoms with E-state index in [1.165, 1.54) is 4.90 Å². The van der Waals surface area contributed by atoms with Crippen LogP contribution in [0.4, 0.5) is 11.4 Å². The fraction of sp³-hybridized carbons (Fsp3) is 0.346. The van der Waals surface area contributed by atoms with E-state index in [0.29, 0.717) is 30.4 Å². The lowest BCUT2D eigenvalue weighted by atomic mass is 10.1. The number of pyridine rings is 1. The number of carbonyl (C=O) groups excluding carboxylic acids is 2. The van der Waals surface area contributed by atoms with Gasteiger partial charge in [0.05, 0.1) is 30.3 Å². The van der Waals surface area contributed by atoms with Crippen molar-refractivity contribution in [2.75, 3.05) is 42.6 Å². The number of piperazine rings is 1. The molecule has 176 valence electrons. The number of imide groups is 1. The normalized spacial score (nSPS) is 19.3. The number of carbonyl (C=O) groups is 2. The van der Waals surface area contributed by atoms with Crippen LogP contribution in [0.5, 0.6) is 5.75 Å². The van der Waals surface area contributed by atoms with Crippen LogP contribution in [0.15, 0.2) is 54.7 Å². The number of amides is 2. The third kappa shape index (κ3) is 4.33. The number of hydrogen-bond donors (Lipinski definition) is 0. The molecule has 0 saturated carbocycles. The number of fused-ring (bicyclic) bond motifs is 1. The summed E-state index contributed by atoms with van der Waals surface area (Å²) >= 11 is 6.13. The third-order valence-corrected chi connectivity index (χ3v) is 6.70. The summed E-state index contributed by atoms with van der Waals surface area (Å²) in [5.41, 5.74) is 2.58. The SMILES string of the molecule is CCCOc1ccc(N2C(=O)C[C@@H](N3CCN(c4ccnc5cc(Cl)ccc45)CC3)C2=O)cc1. The van der Waals surface area contributed by atoms with Gasteiger partial charge in [-0.05, 0) is 55.0 Å². The van der Waals surface area contributed by atoms with Crippen molar-refractivity contribution in [3.63, 3.8) is 0 Å². The van der Waals surface area contributed by atoms with Gasteiger partial charge in [-0.1, -0.05) is 18.5 Å². The summed E-state index contributed by atoms with van der Waals surface area (Å²) in [5, 5.41) is 1.73. The standard InChI is InChI=1S/C26H27ClN4O3/c1-2-15-34-20-6-4-19(5-7-20)31-25(32)17-24(26(31)33)30-13-11-29(12-14-30)23-9-10-28-22-16-18(27)3-8-21(22)23/h3-10,16,24H,2,11-15,17H2,1H3/t24-/m1/s1. The maximum absolute atomic E-state index is 13.2. The van der Waals surface area contributed by atoms with Gasteiger partial charge >= 0.3 is 0 Å². The van der Waals surface area contributed by atoms with E-state index in [2.05, 4.69) is 14.8 Å². The lowest BCUT2D eigenvalue weighted by Gasteiger charge is -2.38. The highest BCUT2D eigenvalue weighted by Gasteiger charge is 2.43. The van der Waals surface area contributed by atoms with Gasteiger partial charge in [0.15, 0.2) is 0 Å². The largest absolute Gasteiger partial charge is 0.494 e. The number of aromatic nitrogens is 1. The molecular formula is C26H27ClN4O3. The molecular weight excluding hydrogens is 452 g/mol. The van der Waals surface area contributed by atoms with E-state index in [1.54, 1.807) is 18.3 Å². The van der Waals surface area contributed by atoms with Crippen LogP contribution in [-0.2, 0) is 9.59 Å². The van der Waals surface area contributed by atoms with Gasteiger partial charge in [-0.3, -0.25) is 19.5 Å². The van der Waals surface area contributed by atoms with Crippen LogP contribution in [0, 0.1) is 0 Å². The first-order valence-corrected chi connectivity index (χ1v) is 12.1. The van der Waals surface area contributed by atoms with Crippen molar-refractivity contribution in [2.24, 2.45) is 0 Å². The molecule has 1 aromatic heterocycles. The van der Waals surface area contributed by atoms with E-state index in [4.69, 9.17) is 16.3 Å². The van der Waals surface area contributed by atoms with Crippen molar-refractivity contribution in [3.8, 4) is 5.75 Å². The molecule has 0 spiro atoms. The molecule has 1 atom stereocenters. The molecule has 5 rings (SSSR count). The maximum atomic E-state index is 13.2. The average Bonchev–Trinajstić information content (AvgIpc) is 3.16. The van der Waals surface area contributed by atoms with Crippen LogP contribution in [0.1, 0.15) is 19.8 Å². The zero-order valence-electron chi connectivity index (χ0n) is 19.1. The van der Waals surface area contributed by atoms with Crippen molar-refractivity contribution >= 4 is 45.7 Å². The number of anilines is 2. The first-order valence-electron chi connectivity index (χ1n) is 11.7. The maximum Gasteiger partial charge on any atom is 0.251 e. The highest BCUT2D eigenvalue weighted by molar-refractivity contribution is 6.31. The first-order chi connectivity index (χ1) is 16.5. The zero-order chi connectivity index (χ0) is 23.7. The molecule has 0 aliphatic carbocycles. The molecule has 3 heterocycles. The fourth-order valence-corrected chi connectivity index (χ4v) is 4.91. The Hall–Kier alpha value is -3.16. The molecule has 34 heavy (non-hydrogen) atoms.